The summed E-state index contributed by atoms with van der Waals surface area (Å²) in [5, 5.41) is 4.10. The molecular weight excluding hydrogens is 219 g/mol. The molecule has 0 aliphatic rings. The van der Waals surface area contributed by atoms with E-state index in [9.17, 15) is 22.8 Å². The zero-order chi connectivity index (χ0) is 11.9. The lowest BCUT2D eigenvalue weighted by Gasteiger charge is -2.08. The van der Waals surface area contributed by atoms with Crippen LogP contribution in [0.3, 0.4) is 0 Å². The van der Waals surface area contributed by atoms with Crippen molar-refractivity contribution in [3.8, 4) is 0 Å². The van der Waals surface area contributed by atoms with Crippen molar-refractivity contribution < 1.29 is 27.5 Å². The molecule has 15 heavy (non-hydrogen) atoms. The molecule has 0 aromatic carbocycles. The van der Waals surface area contributed by atoms with Gasteiger partial charge in [-0.1, -0.05) is 0 Å². The third kappa shape index (κ3) is 10.2. The van der Waals surface area contributed by atoms with Gasteiger partial charge in [-0.2, -0.15) is 13.2 Å². The fraction of sp³-hybridized carbons (Fsp3) is 0.667. The number of urea groups is 1. The molecule has 9 heteroatoms. The van der Waals surface area contributed by atoms with Crippen LogP contribution in [-0.2, 0) is 4.74 Å². The number of alkyl halides is 3. The summed E-state index contributed by atoms with van der Waals surface area (Å²) in [6, 6.07) is -0.791. The summed E-state index contributed by atoms with van der Waals surface area (Å²) < 4.78 is 38.4. The molecular formula is C6H10F3N3O3. The molecule has 0 unspecified atom stereocenters. The molecule has 0 saturated heterocycles. The van der Waals surface area contributed by atoms with Gasteiger partial charge in [0.15, 0.2) is 6.61 Å². The maximum atomic E-state index is 11.5. The number of hydrogen-bond donors (Lipinski definition) is 3. The van der Waals surface area contributed by atoms with E-state index in [2.05, 4.69) is 15.8 Å². The first-order valence-electron chi connectivity index (χ1n) is 3.82. The van der Waals surface area contributed by atoms with Crippen LogP contribution in [0.2, 0.25) is 0 Å². The summed E-state index contributed by atoms with van der Waals surface area (Å²) in [7, 11) is 0. The summed E-state index contributed by atoms with van der Waals surface area (Å²) in [5.74, 6) is 0. The van der Waals surface area contributed by atoms with Crippen LogP contribution in [0.1, 0.15) is 0 Å². The molecule has 0 heterocycles. The molecule has 6 nitrogen and oxygen atoms in total. The van der Waals surface area contributed by atoms with Crippen molar-refractivity contribution in [2.75, 3.05) is 19.7 Å². The monoisotopic (exact) mass is 229 g/mol. The summed E-state index contributed by atoms with van der Waals surface area (Å²) in [4.78, 5) is 20.7. The molecule has 0 aliphatic heterocycles. The first-order valence-corrected chi connectivity index (χ1v) is 3.82. The molecule has 88 valence electrons. The summed E-state index contributed by atoms with van der Waals surface area (Å²) in [6.07, 6.45) is -5.76. The number of alkyl carbamates (subject to hydrolysis) is 1. The maximum Gasteiger partial charge on any atom is 0.422 e. The Morgan fingerprint density at radius 2 is 1.73 bits per heavy atom. The molecule has 0 fully saturated rings. The number of primary amides is 1. The average Bonchev–Trinajstić information content (AvgIpc) is 2.07. The predicted molar refractivity (Wildman–Crippen MR) is 43.0 cm³/mol. The number of amides is 3. The molecule has 3 amide bonds. The Bertz CT molecular complexity index is 231. The van der Waals surface area contributed by atoms with Gasteiger partial charge in [-0.15, -0.1) is 0 Å². The van der Waals surface area contributed by atoms with Crippen LogP contribution in [0.4, 0.5) is 22.8 Å². The van der Waals surface area contributed by atoms with Crippen LogP contribution in [0.15, 0.2) is 0 Å². The highest BCUT2D eigenvalue weighted by molar-refractivity contribution is 5.71. The lowest BCUT2D eigenvalue weighted by molar-refractivity contribution is -0.160. The number of hydrogen-bond acceptors (Lipinski definition) is 3. The Kier molecular flexibility index (Phi) is 5.27. The van der Waals surface area contributed by atoms with E-state index in [0.29, 0.717) is 0 Å². The van der Waals surface area contributed by atoms with Gasteiger partial charge in [0, 0.05) is 13.1 Å². The zero-order valence-electron chi connectivity index (χ0n) is 7.56. The van der Waals surface area contributed by atoms with Crippen LogP contribution >= 0.6 is 0 Å². The lowest BCUT2D eigenvalue weighted by atomic mass is 10.6. The topological polar surface area (TPSA) is 93.5 Å². The largest absolute Gasteiger partial charge is 0.440 e. The normalized spacial score (nSPS) is 10.6. The van der Waals surface area contributed by atoms with E-state index in [4.69, 9.17) is 0 Å². The van der Waals surface area contributed by atoms with Gasteiger partial charge in [-0.05, 0) is 0 Å². The van der Waals surface area contributed by atoms with Crippen LogP contribution in [0, 0.1) is 0 Å². The second-order valence-electron chi connectivity index (χ2n) is 2.41. The fourth-order valence-corrected chi connectivity index (χ4v) is 0.549. The summed E-state index contributed by atoms with van der Waals surface area (Å²) in [6.45, 7) is -1.71. The Hall–Kier alpha value is -1.67. The second-order valence-corrected chi connectivity index (χ2v) is 2.41. The number of nitrogens with one attached hydrogen (secondary N) is 2. The average molecular weight is 229 g/mol. The molecule has 0 rings (SSSR count). The Morgan fingerprint density at radius 3 is 2.20 bits per heavy atom. The van der Waals surface area contributed by atoms with Crippen LogP contribution in [-0.4, -0.2) is 38.0 Å². The minimum Gasteiger partial charge on any atom is -0.440 e. The van der Waals surface area contributed by atoms with E-state index in [1.807, 2.05) is 5.32 Å². The van der Waals surface area contributed by atoms with E-state index >= 15 is 0 Å². The number of carbonyl (C=O) groups is 2. The number of carbonyl (C=O) groups excluding carboxylic acids is 2. The Labute approximate surface area is 82.9 Å². The van der Waals surface area contributed by atoms with Gasteiger partial charge in [0.25, 0.3) is 0 Å². The second kappa shape index (κ2) is 5.94. The fourth-order valence-electron chi connectivity index (χ4n) is 0.549. The number of rotatable bonds is 4. The molecule has 0 aromatic rings. The van der Waals surface area contributed by atoms with Gasteiger partial charge in [0.05, 0.1) is 0 Å². The van der Waals surface area contributed by atoms with Crippen molar-refractivity contribution in [2.24, 2.45) is 5.73 Å². The van der Waals surface area contributed by atoms with Gasteiger partial charge in [0.2, 0.25) is 0 Å². The van der Waals surface area contributed by atoms with Crippen molar-refractivity contribution in [3.05, 3.63) is 0 Å². The van der Waals surface area contributed by atoms with E-state index in [-0.39, 0.29) is 13.1 Å². The third-order valence-corrected chi connectivity index (χ3v) is 1.06. The van der Waals surface area contributed by atoms with Crippen molar-refractivity contribution in [2.45, 2.75) is 6.18 Å². The van der Waals surface area contributed by atoms with Gasteiger partial charge in [-0.25, -0.2) is 9.59 Å². The Morgan fingerprint density at radius 1 is 1.20 bits per heavy atom. The van der Waals surface area contributed by atoms with E-state index in [1.54, 1.807) is 0 Å². The molecule has 0 bridgehead atoms. The standard InChI is InChI=1S/C6H10F3N3O3/c7-6(8,9)3-15-5(14)12-2-1-11-4(10)13/h1-3H2,(H,12,14)(H3,10,11,13). The molecule has 0 atom stereocenters. The van der Waals surface area contributed by atoms with Crippen LogP contribution in [0.5, 0.6) is 0 Å². The Balaban J connectivity index is 3.46. The van der Waals surface area contributed by atoms with Crippen molar-refractivity contribution in [3.63, 3.8) is 0 Å². The van der Waals surface area contributed by atoms with Gasteiger partial charge < -0.3 is 21.1 Å². The first-order chi connectivity index (χ1) is 6.81. The van der Waals surface area contributed by atoms with Crippen molar-refractivity contribution in [1.29, 1.82) is 0 Å². The van der Waals surface area contributed by atoms with Gasteiger partial charge >= 0.3 is 18.3 Å². The highest BCUT2D eigenvalue weighted by atomic mass is 19.4. The number of nitrogens with two attached hydrogens (primary N) is 1. The molecule has 0 spiro atoms. The highest BCUT2D eigenvalue weighted by Crippen LogP contribution is 2.14. The third-order valence-electron chi connectivity index (χ3n) is 1.06. The van der Waals surface area contributed by atoms with Crippen LogP contribution in [0.25, 0.3) is 0 Å². The maximum absolute atomic E-state index is 11.5. The van der Waals surface area contributed by atoms with Crippen molar-refractivity contribution in [1.82, 2.24) is 10.6 Å². The highest BCUT2D eigenvalue weighted by Gasteiger charge is 2.29. The van der Waals surface area contributed by atoms with Gasteiger partial charge in [0.1, 0.15) is 0 Å². The molecule has 0 radical (unpaired) electrons. The number of halogens is 3. The predicted octanol–water partition coefficient (Wildman–Crippen LogP) is -0.0568. The first kappa shape index (κ1) is 13.3. The smallest absolute Gasteiger partial charge is 0.422 e. The summed E-state index contributed by atoms with van der Waals surface area (Å²) >= 11 is 0. The van der Waals surface area contributed by atoms with E-state index in [1.165, 1.54) is 0 Å². The van der Waals surface area contributed by atoms with E-state index < -0.39 is 24.9 Å². The molecule has 4 N–H and O–H groups in total. The lowest BCUT2D eigenvalue weighted by Crippen LogP contribution is -2.38. The van der Waals surface area contributed by atoms with Crippen molar-refractivity contribution >= 4 is 12.1 Å². The quantitative estimate of drug-likeness (QED) is 0.589. The molecule has 0 aromatic heterocycles. The SMILES string of the molecule is NC(=O)NCCNC(=O)OCC(F)(F)F. The molecule has 0 saturated carbocycles. The zero-order valence-corrected chi connectivity index (χ0v) is 7.56. The number of ether oxygens (including phenoxy) is 1. The minimum atomic E-state index is -4.55. The minimum absolute atomic E-state index is 0.0104. The van der Waals surface area contributed by atoms with Crippen LogP contribution < -0.4 is 16.4 Å². The summed E-state index contributed by atoms with van der Waals surface area (Å²) in [5.41, 5.74) is 4.68. The van der Waals surface area contributed by atoms with Gasteiger partial charge in [-0.3, -0.25) is 0 Å². The molecule has 0 aliphatic carbocycles. The van der Waals surface area contributed by atoms with E-state index in [0.717, 1.165) is 0 Å².